The molecule has 2 atom stereocenters. The van der Waals surface area contributed by atoms with Gasteiger partial charge in [-0.1, -0.05) is 37.0 Å². The molecule has 0 bridgehead atoms. The predicted molar refractivity (Wildman–Crippen MR) is 107 cm³/mol. The first-order chi connectivity index (χ1) is 12.4. The number of aryl methyl sites for hydroxylation is 1. The number of sulfonamides is 1. The maximum absolute atomic E-state index is 13.0. The predicted octanol–water partition coefficient (Wildman–Crippen LogP) is 4.93. The van der Waals surface area contributed by atoms with Crippen LogP contribution in [0.2, 0.25) is 0 Å². The Labute approximate surface area is 158 Å². The minimum atomic E-state index is -3.68. The van der Waals surface area contributed by atoms with Gasteiger partial charge in [0.1, 0.15) is 5.84 Å². The second-order valence-corrected chi connectivity index (χ2v) is 9.71. The maximum atomic E-state index is 13.0. The van der Waals surface area contributed by atoms with E-state index in [1.54, 1.807) is 12.1 Å². The first kappa shape index (κ1) is 19.4. The summed E-state index contributed by atoms with van der Waals surface area (Å²) in [7, 11) is -3.68. The summed E-state index contributed by atoms with van der Waals surface area (Å²) in [5, 5.41) is 0. The fourth-order valence-corrected chi connectivity index (χ4v) is 5.53. The van der Waals surface area contributed by atoms with Gasteiger partial charge in [-0.15, -0.1) is 4.40 Å². The molecule has 2 fully saturated rings. The van der Waals surface area contributed by atoms with Crippen molar-refractivity contribution in [3.05, 3.63) is 29.8 Å². The highest BCUT2D eigenvalue weighted by molar-refractivity contribution is 7.90. The second-order valence-electron chi connectivity index (χ2n) is 8.11. The molecule has 1 aromatic rings. The molecule has 1 heterocycles. The molecule has 0 aromatic heterocycles. The third-order valence-corrected chi connectivity index (χ3v) is 7.26. The van der Waals surface area contributed by atoms with E-state index in [9.17, 15) is 8.42 Å². The first-order valence-corrected chi connectivity index (χ1v) is 11.5. The average Bonchev–Trinajstić information content (AvgIpc) is 2.62. The topological polar surface area (TPSA) is 49.7 Å². The van der Waals surface area contributed by atoms with Crippen LogP contribution in [0.5, 0.6) is 0 Å². The molecular weight excluding hydrogens is 344 g/mol. The quantitative estimate of drug-likeness (QED) is 0.555. The van der Waals surface area contributed by atoms with E-state index in [0.29, 0.717) is 17.0 Å². The third-order valence-electron chi connectivity index (χ3n) is 5.96. The zero-order valence-corrected chi connectivity index (χ0v) is 17.1. The van der Waals surface area contributed by atoms with E-state index in [-0.39, 0.29) is 5.92 Å². The Bertz CT molecular complexity index is 724. The zero-order chi connectivity index (χ0) is 18.7. The Hall–Kier alpha value is -1.36. The van der Waals surface area contributed by atoms with Crippen LogP contribution in [0.15, 0.2) is 33.6 Å². The Kier molecular flexibility index (Phi) is 6.06. The van der Waals surface area contributed by atoms with Gasteiger partial charge >= 0.3 is 0 Å². The van der Waals surface area contributed by atoms with E-state index >= 15 is 0 Å². The zero-order valence-electron chi connectivity index (χ0n) is 16.3. The van der Waals surface area contributed by atoms with Gasteiger partial charge in [-0.25, -0.2) is 0 Å². The van der Waals surface area contributed by atoms with Crippen LogP contribution in [0.25, 0.3) is 0 Å². The number of rotatable bonds is 3. The number of benzene rings is 1. The Morgan fingerprint density at radius 3 is 2.08 bits per heavy atom. The van der Waals surface area contributed by atoms with Gasteiger partial charge in [-0.3, -0.25) is 0 Å². The summed E-state index contributed by atoms with van der Waals surface area (Å²) in [4.78, 5) is 2.62. The van der Waals surface area contributed by atoms with Gasteiger partial charge in [-0.2, -0.15) is 8.42 Å². The van der Waals surface area contributed by atoms with Gasteiger partial charge in [0.05, 0.1) is 4.90 Å². The minimum absolute atomic E-state index is 0.270. The van der Waals surface area contributed by atoms with Gasteiger partial charge in [0.25, 0.3) is 10.0 Å². The summed E-state index contributed by atoms with van der Waals surface area (Å²) in [5.41, 5.74) is 1.05. The molecule has 26 heavy (non-hydrogen) atoms. The smallest absolute Gasteiger partial charge is 0.283 e. The van der Waals surface area contributed by atoms with Crippen molar-refractivity contribution in [3.8, 4) is 0 Å². The lowest BCUT2D eigenvalue weighted by Gasteiger charge is -2.44. The fourth-order valence-electron chi connectivity index (χ4n) is 4.45. The molecule has 1 aromatic carbocycles. The highest BCUT2D eigenvalue weighted by Gasteiger charge is 2.34. The van der Waals surface area contributed by atoms with Crippen LogP contribution < -0.4 is 0 Å². The van der Waals surface area contributed by atoms with Crippen LogP contribution in [0.3, 0.4) is 0 Å². The summed E-state index contributed by atoms with van der Waals surface area (Å²) in [6.07, 6.45) is 9.13. The molecule has 1 aliphatic heterocycles. The monoisotopic (exact) mass is 376 g/mol. The molecular formula is C21H32N2O2S. The lowest BCUT2D eigenvalue weighted by atomic mass is 9.86. The normalized spacial score (nSPS) is 26.1. The molecule has 144 valence electrons. The molecule has 1 aliphatic carbocycles. The van der Waals surface area contributed by atoms with E-state index in [1.165, 1.54) is 25.7 Å². The highest BCUT2D eigenvalue weighted by atomic mass is 32.2. The van der Waals surface area contributed by atoms with Crippen LogP contribution in [-0.2, 0) is 10.0 Å². The SMILES string of the molecule is Cc1ccc(S(=O)(=O)/N=C(\C2CCCCC2)N2[C@H](C)CCC[C@@H]2C)cc1. The summed E-state index contributed by atoms with van der Waals surface area (Å²) in [5.74, 6) is 1.09. The van der Waals surface area contributed by atoms with Crippen molar-refractivity contribution < 1.29 is 8.42 Å². The van der Waals surface area contributed by atoms with E-state index < -0.39 is 10.0 Å². The van der Waals surface area contributed by atoms with Gasteiger partial charge in [0, 0.05) is 18.0 Å². The Morgan fingerprint density at radius 1 is 0.923 bits per heavy atom. The summed E-state index contributed by atoms with van der Waals surface area (Å²) in [6, 6.07) is 7.75. The maximum Gasteiger partial charge on any atom is 0.283 e. The molecule has 0 N–H and O–H groups in total. The van der Waals surface area contributed by atoms with Gasteiger partial charge in [0.2, 0.25) is 0 Å². The van der Waals surface area contributed by atoms with Crippen molar-refractivity contribution in [2.24, 2.45) is 10.3 Å². The van der Waals surface area contributed by atoms with Crippen molar-refractivity contribution in [2.45, 2.75) is 89.1 Å². The minimum Gasteiger partial charge on any atom is -0.354 e. The highest BCUT2D eigenvalue weighted by Crippen LogP contribution is 2.32. The molecule has 2 aliphatic rings. The van der Waals surface area contributed by atoms with Crippen LogP contribution in [-0.4, -0.2) is 31.2 Å². The molecule has 0 amide bonds. The van der Waals surface area contributed by atoms with E-state index in [1.807, 2.05) is 19.1 Å². The molecule has 1 saturated carbocycles. The van der Waals surface area contributed by atoms with Crippen LogP contribution in [0, 0.1) is 12.8 Å². The van der Waals surface area contributed by atoms with Gasteiger partial charge in [0.15, 0.2) is 0 Å². The van der Waals surface area contributed by atoms with E-state index in [2.05, 4.69) is 23.1 Å². The lowest BCUT2D eigenvalue weighted by molar-refractivity contribution is 0.178. The van der Waals surface area contributed by atoms with Crippen molar-refractivity contribution >= 4 is 15.9 Å². The molecule has 0 unspecified atom stereocenters. The fraction of sp³-hybridized carbons (Fsp3) is 0.667. The Balaban J connectivity index is 2.01. The van der Waals surface area contributed by atoms with E-state index in [4.69, 9.17) is 0 Å². The van der Waals surface area contributed by atoms with Gasteiger partial charge in [-0.05, 0) is 65.0 Å². The van der Waals surface area contributed by atoms with E-state index in [0.717, 1.165) is 37.1 Å². The number of piperidine rings is 1. The van der Waals surface area contributed by atoms with Crippen molar-refractivity contribution in [3.63, 3.8) is 0 Å². The average molecular weight is 377 g/mol. The van der Waals surface area contributed by atoms with Gasteiger partial charge < -0.3 is 4.90 Å². The Morgan fingerprint density at radius 2 is 1.50 bits per heavy atom. The molecule has 1 saturated heterocycles. The second kappa shape index (κ2) is 8.12. The summed E-state index contributed by atoms with van der Waals surface area (Å²) in [6.45, 7) is 6.39. The standard InChI is InChI=1S/C21H32N2O2S/c1-16-12-14-20(15-13-16)26(24,25)22-21(19-10-5-4-6-11-19)23-17(2)8-7-9-18(23)3/h12-15,17-19H,4-11H2,1-3H3/b22-21+/t17-,18+. The number of hydrogen-bond acceptors (Lipinski definition) is 2. The largest absolute Gasteiger partial charge is 0.354 e. The molecule has 3 rings (SSSR count). The summed E-state index contributed by atoms with van der Waals surface area (Å²) >= 11 is 0. The molecule has 0 radical (unpaired) electrons. The molecule has 5 heteroatoms. The molecule has 4 nitrogen and oxygen atoms in total. The number of nitrogens with zero attached hydrogens (tertiary/aromatic N) is 2. The number of hydrogen-bond donors (Lipinski definition) is 0. The summed E-state index contributed by atoms with van der Waals surface area (Å²) < 4.78 is 30.5. The van der Waals surface area contributed by atoms with Crippen LogP contribution in [0.4, 0.5) is 0 Å². The third kappa shape index (κ3) is 4.30. The van der Waals surface area contributed by atoms with Crippen molar-refractivity contribution in [2.75, 3.05) is 0 Å². The number of likely N-dealkylation sites (tertiary alicyclic amines) is 1. The van der Waals surface area contributed by atoms with Crippen molar-refractivity contribution in [1.82, 2.24) is 4.90 Å². The number of amidine groups is 1. The van der Waals surface area contributed by atoms with Crippen LogP contribution >= 0.6 is 0 Å². The van der Waals surface area contributed by atoms with Crippen LogP contribution in [0.1, 0.15) is 70.8 Å². The lowest BCUT2D eigenvalue weighted by Crippen LogP contribution is -2.50. The molecule has 0 spiro atoms. The van der Waals surface area contributed by atoms with Crippen molar-refractivity contribution in [1.29, 1.82) is 0 Å². The first-order valence-electron chi connectivity index (χ1n) is 10.1.